The number of halogens is 2. The second kappa shape index (κ2) is 14.4. The number of azo groups is 1. The zero-order valence-electron chi connectivity index (χ0n) is 31.5. The summed E-state index contributed by atoms with van der Waals surface area (Å²) in [4.78, 5) is 63.8. The van der Waals surface area contributed by atoms with Crippen LogP contribution in [-0.2, 0) is 24.6 Å². The standard InChI is InChI=1S/C46H37Cl2N5O5/c1-51(2)31-16-12-29(13-17-31)49-50-30-14-18-32(19-15-30)52-42(55)35-21-20-34-36(40(35)44(52)57)25-38-43(56)53(33-10-6-9-27(47)23-33)45(58)46(38,26-7-4-3-5-8-26)41(34)37-24-28(48)11-22-39(37)54/h3-20,22-24,35-36,38,40-41,54H,21,25H2,1-2H3/t35-,36+,38-,40-,41+,46+/m0/s1. The van der Waals surface area contributed by atoms with Crippen LogP contribution in [0.1, 0.15) is 29.9 Å². The van der Waals surface area contributed by atoms with Crippen LogP contribution in [0, 0.1) is 23.7 Å². The van der Waals surface area contributed by atoms with Gasteiger partial charge in [0.2, 0.25) is 23.6 Å². The predicted molar refractivity (Wildman–Crippen MR) is 223 cm³/mol. The van der Waals surface area contributed by atoms with E-state index in [0.717, 1.165) is 5.69 Å². The highest BCUT2D eigenvalue weighted by atomic mass is 35.5. The Hall–Kier alpha value is -6.10. The monoisotopic (exact) mass is 809 g/mol. The Kier molecular flexibility index (Phi) is 9.29. The third kappa shape index (κ3) is 5.84. The third-order valence-electron chi connectivity index (χ3n) is 12.2. The van der Waals surface area contributed by atoms with Crippen LogP contribution < -0.4 is 14.7 Å². The van der Waals surface area contributed by atoms with Gasteiger partial charge in [-0.05, 0) is 109 Å². The minimum Gasteiger partial charge on any atom is -0.508 e. The largest absolute Gasteiger partial charge is 0.508 e. The maximum absolute atomic E-state index is 15.4. The highest BCUT2D eigenvalue weighted by molar-refractivity contribution is 6.32. The zero-order valence-corrected chi connectivity index (χ0v) is 33.0. The number of hydrogen-bond donors (Lipinski definition) is 1. The van der Waals surface area contributed by atoms with Gasteiger partial charge in [-0.15, -0.1) is 0 Å². The summed E-state index contributed by atoms with van der Waals surface area (Å²) in [5, 5.41) is 21.0. The Morgan fingerprint density at radius 1 is 0.690 bits per heavy atom. The fourth-order valence-electron chi connectivity index (χ4n) is 9.70. The van der Waals surface area contributed by atoms with Gasteiger partial charge in [-0.25, -0.2) is 4.90 Å². The molecule has 6 atom stereocenters. The topological polar surface area (TPSA) is 123 Å². The summed E-state index contributed by atoms with van der Waals surface area (Å²) in [6, 6.07) is 34.8. The molecule has 5 aromatic rings. The number of nitrogens with zero attached hydrogens (tertiary/aromatic N) is 5. The second-order valence-electron chi connectivity index (χ2n) is 15.4. The van der Waals surface area contributed by atoms with Crippen LogP contribution in [-0.4, -0.2) is 42.8 Å². The number of carbonyl (C=O) groups excluding carboxylic acids is 4. The molecule has 2 saturated heterocycles. The molecule has 4 amide bonds. The van der Waals surface area contributed by atoms with Gasteiger partial charge in [0.1, 0.15) is 5.75 Å². The number of anilines is 3. The van der Waals surface area contributed by atoms with Crippen molar-refractivity contribution in [2.24, 2.45) is 33.9 Å². The van der Waals surface area contributed by atoms with E-state index in [9.17, 15) is 19.5 Å². The van der Waals surface area contributed by atoms with E-state index in [1.54, 1.807) is 60.7 Å². The number of allylic oxidation sites excluding steroid dienone is 2. The molecule has 290 valence electrons. The molecule has 0 spiro atoms. The van der Waals surface area contributed by atoms with Gasteiger partial charge in [-0.3, -0.25) is 24.1 Å². The van der Waals surface area contributed by atoms with Crippen molar-refractivity contribution in [3.8, 4) is 5.75 Å². The van der Waals surface area contributed by atoms with Crippen molar-refractivity contribution in [2.45, 2.75) is 24.2 Å². The van der Waals surface area contributed by atoms with Crippen LogP contribution in [0.5, 0.6) is 5.75 Å². The number of aromatic hydroxyl groups is 1. The summed E-state index contributed by atoms with van der Waals surface area (Å²) in [5.74, 6) is -5.78. The lowest BCUT2D eigenvalue weighted by Gasteiger charge is -2.50. The molecular formula is C46H37Cl2N5O5. The van der Waals surface area contributed by atoms with E-state index in [1.807, 2.05) is 79.7 Å². The SMILES string of the molecule is CN(C)c1ccc(N=Nc2ccc(N3C(=O)[C@H]4[C@H](CC=C5[C@H]4C[C@H]4C(=O)N(c6cccc(Cl)c6)C(=O)[C@@]4(c4ccccc4)[C@H]5c4cc(Cl)ccc4O)C3=O)cc2)cc1. The van der Waals surface area contributed by atoms with Crippen LogP contribution in [0.25, 0.3) is 0 Å². The number of amides is 4. The number of carbonyl (C=O) groups is 4. The summed E-state index contributed by atoms with van der Waals surface area (Å²) in [6.07, 6.45) is 2.29. The van der Waals surface area contributed by atoms with Crippen LogP contribution in [0.4, 0.5) is 28.4 Å². The van der Waals surface area contributed by atoms with Crippen LogP contribution in [0.3, 0.4) is 0 Å². The number of fused-ring (bicyclic) bond motifs is 4. The summed E-state index contributed by atoms with van der Waals surface area (Å²) in [5.41, 5.74) is 3.10. The van der Waals surface area contributed by atoms with Crippen molar-refractivity contribution in [1.82, 2.24) is 0 Å². The molecule has 0 radical (unpaired) electrons. The fraction of sp³-hybridized carbons (Fsp3) is 0.217. The molecule has 0 aromatic heterocycles. The smallest absolute Gasteiger partial charge is 0.246 e. The summed E-state index contributed by atoms with van der Waals surface area (Å²) in [6.45, 7) is 0. The molecule has 0 bridgehead atoms. The molecular weight excluding hydrogens is 773 g/mol. The molecule has 2 aliphatic carbocycles. The average molecular weight is 811 g/mol. The normalized spacial score (nSPS) is 25.2. The maximum Gasteiger partial charge on any atom is 0.246 e. The number of rotatable bonds is 7. The molecule has 1 saturated carbocycles. The van der Waals surface area contributed by atoms with E-state index >= 15 is 4.79 Å². The summed E-state index contributed by atoms with van der Waals surface area (Å²) in [7, 11) is 3.92. The lowest BCUT2D eigenvalue weighted by atomic mass is 9.49. The number of phenolic OH excluding ortho intramolecular Hbond substituents is 1. The second-order valence-corrected chi connectivity index (χ2v) is 16.3. The van der Waals surface area contributed by atoms with Gasteiger partial charge < -0.3 is 10.0 Å². The minimum absolute atomic E-state index is 0.105. The van der Waals surface area contributed by atoms with E-state index in [-0.39, 0.29) is 30.4 Å². The first-order valence-electron chi connectivity index (χ1n) is 19.0. The van der Waals surface area contributed by atoms with E-state index in [1.165, 1.54) is 15.9 Å². The van der Waals surface area contributed by atoms with Gasteiger partial charge in [0.05, 0.1) is 45.9 Å². The van der Waals surface area contributed by atoms with Gasteiger partial charge in [-0.2, -0.15) is 10.2 Å². The van der Waals surface area contributed by atoms with Crippen molar-refractivity contribution in [2.75, 3.05) is 28.8 Å². The number of imide groups is 2. The van der Waals surface area contributed by atoms with E-state index in [4.69, 9.17) is 23.2 Å². The number of phenols is 1. The van der Waals surface area contributed by atoms with E-state index < -0.39 is 46.8 Å². The van der Waals surface area contributed by atoms with Crippen LogP contribution >= 0.6 is 23.2 Å². The highest BCUT2D eigenvalue weighted by Crippen LogP contribution is 2.65. The molecule has 0 unspecified atom stereocenters. The molecule has 12 heteroatoms. The van der Waals surface area contributed by atoms with Crippen molar-refractivity contribution in [1.29, 1.82) is 0 Å². The molecule has 2 heterocycles. The molecule has 1 N–H and O–H groups in total. The maximum atomic E-state index is 15.4. The number of benzene rings is 5. The quantitative estimate of drug-likeness (QED) is 0.0993. The van der Waals surface area contributed by atoms with Gasteiger partial charge >= 0.3 is 0 Å². The van der Waals surface area contributed by atoms with Crippen molar-refractivity contribution >= 4 is 75.3 Å². The first-order chi connectivity index (χ1) is 28.0. The Morgan fingerprint density at radius 2 is 1.36 bits per heavy atom. The average Bonchev–Trinajstić information content (AvgIpc) is 3.62. The fourth-order valence-corrected chi connectivity index (χ4v) is 10.1. The Labute approximate surface area is 345 Å². The van der Waals surface area contributed by atoms with Crippen molar-refractivity contribution in [3.05, 3.63) is 154 Å². The molecule has 2 aliphatic heterocycles. The minimum atomic E-state index is -1.54. The zero-order chi connectivity index (χ0) is 40.5. The van der Waals surface area contributed by atoms with E-state index in [2.05, 4.69) is 10.2 Å². The van der Waals surface area contributed by atoms with Crippen molar-refractivity contribution in [3.63, 3.8) is 0 Å². The van der Waals surface area contributed by atoms with Crippen LogP contribution in [0.2, 0.25) is 10.0 Å². The highest BCUT2D eigenvalue weighted by Gasteiger charge is 2.70. The first kappa shape index (κ1) is 37.5. The van der Waals surface area contributed by atoms with Crippen molar-refractivity contribution < 1.29 is 24.3 Å². The lowest BCUT2D eigenvalue weighted by molar-refractivity contribution is -0.127. The van der Waals surface area contributed by atoms with Gasteiger partial charge in [0.25, 0.3) is 0 Å². The lowest BCUT2D eigenvalue weighted by Crippen LogP contribution is -2.53. The Bertz CT molecular complexity index is 2560. The molecule has 9 rings (SSSR count). The van der Waals surface area contributed by atoms with Crippen LogP contribution in [0.15, 0.2) is 143 Å². The molecule has 3 fully saturated rings. The number of hydrogen-bond acceptors (Lipinski definition) is 8. The van der Waals surface area contributed by atoms with Gasteiger partial charge in [0.15, 0.2) is 0 Å². The molecule has 10 nitrogen and oxygen atoms in total. The Balaban J connectivity index is 1.12. The first-order valence-corrected chi connectivity index (χ1v) is 19.8. The molecule has 4 aliphatic rings. The molecule has 58 heavy (non-hydrogen) atoms. The predicted octanol–water partition coefficient (Wildman–Crippen LogP) is 9.55. The summed E-state index contributed by atoms with van der Waals surface area (Å²) < 4.78 is 0. The Morgan fingerprint density at radius 3 is 2.03 bits per heavy atom. The summed E-state index contributed by atoms with van der Waals surface area (Å²) >= 11 is 13.0. The van der Waals surface area contributed by atoms with Gasteiger partial charge in [0, 0.05) is 41.3 Å². The third-order valence-corrected chi connectivity index (χ3v) is 12.7. The molecule has 5 aromatic carbocycles. The van der Waals surface area contributed by atoms with Gasteiger partial charge in [-0.1, -0.05) is 71.2 Å². The van der Waals surface area contributed by atoms with E-state index in [0.29, 0.717) is 49.5 Å².